The van der Waals surface area contributed by atoms with E-state index in [-0.39, 0.29) is 5.41 Å². The van der Waals surface area contributed by atoms with Crippen molar-refractivity contribution in [2.24, 2.45) is 17.8 Å². The molecule has 10 aromatic rings. The largest absolute Gasteiger partial charge is 0.455 e. The van der Waals surface area contributed by atoms with Crippen LogP contribution in [0.3, 0.4) is 0 Å². The van der Waals surface area contributed by atoms with Crippen LogP contribution in [-0.4, -0.2) is 19.5 Å². The Kier molecular flexibility index (Phi) is 6.99. The van der Waals surface area contributed by atoms with Gasteiger partial charge < -0.3 is 8.98 Å². The zero-order valence-corrected chi connectivity index (χ0v) is 32.3. The van der Waals surface area contributed by atoms with Crippen molar-refractivity contribution in [3.63, 3.8) is 0 Å². The maximum atomic E-state index is 6.86. The van der Waals surface area contributed by atoms with Crippen molar-refractivity contribution in [1.82, 2.24) is 19.5 Å². The normalized spacial score (nSPS) is 21.3. The van der Waals surface area contributed by atoms with Gasteiger partial charge in [0.05, 0.1) is 16.4 Å². The van der Waals surface area contributed by atoms with E-state index < -0.39 is 0 Å². The molecule has 0 radical (unpaired) electrons. The lowest BCUT2D eigenvalue weighted by molar-refractivity contribution is 0.0857. The van der Waals surface area contributed by atoms with Gasteiger partial charge in [0.2, 0.25) is 0 Å². The molecule has 2 aliphatic rings. The van der Waals surface area contributed by atoms with Crippen LogP contribution in [0.25, 0.3) is 92.4 Å². The highest BCUT2D eigenvalue weighted by Gasteiger charge is 2.44. The lowest BCUT2D eigenvalue weighted by atomic mass is 9.59. The third kappa shape index (κ3) is 4.81. The summed E-state index contributed by atoms with van der Waals surface area (Å²) in [6.07, 6.45) is 6.23. The predicted molar refractivity (Wildman–Crippen MR) is 232 cm³/mol. The highest BCUT2D eigenvalue weighted by atomic mass is 32.1. The summed E-state index contributed by atoms with van der Waals surface area (Å²) >= 11 is 1.86. The van der Waals surface area contributed by atoms with Crippen LogP contribution in [0.5, 0.6) is 0 Å². The number of nitrogens with zero attached hydrogens (tertiary/aromatic N) is 4. The molecule has 0 aliphatic heterocycles. The van der Waals surface area contributed by atoms with E-state index in [1.165, 1.54) is 55.7 Å². The molecule has 12 rings (SSSR count). The van der Waals surface area contributed by atoms with Gasteiger partial charge in [-0.25, -0.2) is 15.0 Å². The Morgan fingerprint density at radius 1 is 0.643 bits per heavy atom. The summed E-state index contributed by atoms with van der Waals surface area (Å²) in [5.41, 5.74) is 7.15. The number of thiophene rings is 1. The van der Waals surface area contributed by atoms with Gasteiger partial charge >= 0.3 is 0 Å². The van der Waals surface area contributed by atoms with E-state index in [1.807, 2.05) is 11.3 Å². The summed E-state index contributed by atoms with van der Waals surface area (Å²) in [7, 11) is 0. The fourth-order valence-corrected chi connectivity index (χ4v) is 12.2. The molecule has 2 bridgehead atoms. The predicted octanol–water partition coefficient (Wildman–Crippen LogP) is 13.7. The van der Waals surface area contributed by atoms with Gasteiger partial charge in [-0.3, -0.25) is 0 Å². The van der Waals surface area contributed by atoms with Crippen LogP contribution in [-0.2, 0) is 5.41 Å². The first-order valence-electron chi connectivity index (χ1n) is 20.1. The quantitative estimate of drug-likeness (QED) is 0.180. The lowest BCUT2D eigenvalue weighted by Crippen LogP contribution is -2.40. The molecule has 4 aromatic heterocycles. The number of aromatic nitrogens is 4. The number of rotatable bonds is 4. The zero-order chi connectivity index (χ0) is 37.1. The molecule has 2 fully saturated rings. The standard InChI is InChI=1S/C50H40N4OS/c1-29-23-30-25-31(24-29)28-50(2,27-30)49-52-47(32-13-4-3-5-14-32)51-48(53-49)33-15-12-16-34(26-33)54-38-20-9-6-17-35(38)42-44(54)41-36-18-7-10-21-39(36)55-45(41)43-37-19-8-11-22-40(37)56-46(42)43/h3-22,26,29-31H,23-25,27-28H2,1-2H3. The molecule has 0 spiro atoms. The van der Waals surface area contributed by atoms with Gasteiger partial charge in [-0.2, -0.15) is 0 Å². The maximum Gasteiger partial charge on any atom is 0.163 e. The molecule has 272 valence electrons. The van der Waals surface area contributed by atoms with E-state index in [9.17, 15) is 0 Å². The number of hydrogen-bond acceptors (Lipinski definition) is 5. The average molecular weight is 745 g/mol. The topological polar surface area (TPSA) is 56.7 Å². The smallest absolute Gasteiger partial charge is 0.163 e. The molecule has 5 nitrogen and oxygen atoms in total. The van der Waals surface area contributed by atoms with Crippen LogP contribution < -0.4 is 0 Å². The Morgan fingerprint density at radius 2 is 1.32 bits per heavy atom. The molecular formula is C50H40N4OS. The van der Waals surface area contributed by atoms with Crippen LogP contribution >= 0.6 is 11.3 Å². The monoisotopic (exact) mass is 744 g/mol. The minimum absolute atomic E-state index is 0.0943. The second-order valence-electron chi connectivity index (χ2n) is 16.9. The summed E-state index contributed by atoms with van der Waals surface area (Å²) < 4.78 is 11.8. The van der Waals surface area contributed by atoms with Gasteiger partial charge in [-0.1, -0.05) is 111 Å². The Labute approximate surface area is 328 Å². The molecule has 6 heteroatoms. The summed E-state index contributed by atoms with van der Waals surface area (Å²) in [5.74, 6) is 4.67. The lowest BCUT2D eigenvalue weighted by Gasteiger charge is -2.46. The Balaban J connectivity index is 1.12. The minimum Gasteiger partial charge on any atom is -0.455 e. The molecule has 0 amide bonds. The number of furan rings is 1. The van der Waals surface area contributed by atoms with E-state index >= 15 is 0 Å². The molecule has 2 aliphatic carbocycles. The van der Waals surface area contributed by atoms with Crippen LogP contribution in [0, 0.1) is 17.8 Å². The molecule has 6 aromatic carbocycles. The van der Waals surface area contributed by atoms with Crippen LogP contribution in [0.2, 0.25) is 0 Å². The van der Waals surface area contributed by atoms with Gasteiger partial charge in [-0.05, 0) is 80.2 Å². The number of para-hydroxylation sites is 2. The molecule has 0 saturated heterocycles. The Bertz CT molecular complexity index is 3140. The maximum absolute atomic E-state index is 6.86. The van der Waals surface area contributed by atoms with E-state index in [1.54, 1.807) is 0 Å². The zero-order valence-electron chi connectivity index (χ0n) is 31.5. The molecule has 56 heavy (non-hydrogen) atoms. The van der Waals surface area contributed by atoms with Crippen molar-refractivity contribution in [3.8, 4) is 28.5 Å². The van der Waals surface area contributed by atoms with Crippen molar-refractivity contribution in [2.45, 2.75) is 51.4 Å². The van der Waals surface area contributed by atoms with E-state index in [4.69, 9.17) is 19.4 Å². The van der Waals surface area contributed by atoms with Crippen molar-refractivity contribution in [2.75, 3.05) is 0 Å². The van der Waals surface area contributed by atoms with Crippen LogP contribution in [0.15, 0.2) is 132 Å². The SMILES string of the molecule is CC1CC2CC(C1)CC(C)(c1nc(-c3ccccc3)nc(-c3cccc(-n4c5ccccc5c5c6sc7ccccc7c6c6oc7ccccc7c6c54)c3)n1)C2. The van der Waals surface area contributed by atoms with Gasteiger partial charge in [0.15, 0.2) is 11.6 Å². The highest BCUT2D eigenvalue weighted by Crippen LogP contribution is 2.52. The van der Waals surface area contributed by atoms with Gasteiger partial charge in [0.25, 0.3) is 0 Å². The second-order valence-corrected chi connectivity index (χ2v) is 18.0. The number of hydrogen-bond donors (Lipinski definition) is 0. The summed E-state index contributed by atoms with van der Waals surface area (Å²) in [4.78, 5) is 15.9. The summed E-state index contributed by atoms with van der Waals surface area (Å²) in [5, 5.41) is 7.20. The molecule has 2 unspecified atom stereocenters. The number of benzene rings is 6. The van der Waals surface area contributed by atoms with Crippen molar-refractivity contribution in [3.05, 3.63) is 133 Å². The molecule has 2 saturated carbocycles. The first-order valence-corrected chi connectivity index (χ1v) is 20.9. The molecule has 2 atom stereocenters. The van der Waals surface area contributed by atoms with Crippen LogP contribution in [0.4, 0.5) is 0 Å². The first-order chi connectivity index (χ1) is 27.5. The van der Waals surface area contributed by atoms with Crippen molar-refractivity contribution >= 4 is 75.3 Å². The summed E-state index contributed by atoms with van der Waals surface area (Å²) in [6.45, 7) is 4.85. The van der Waals surface area contributed by atoms with E-state index in [2.05, 4.69) is 146 Å². The first kappa shape index (κ1) is 32.4. The highest BCUT2D eigenvalue weighted by molar-refractivity contribution is 7.27. The van der Waals surface area contributed by atoms with Gasteiger partial charge in [0, 0.05) is 58.6 Å². The van der Waals surface area contributed by atoms with Crippen molar-refractivity contribution in [1.29, 1.82) is 0 Å². The molecule has 0 N–H and O–H groups in total. The van der Waals surface area contributed by atoms with E-state index in [0.717, 1.165) is 92.3 Å². The fourth-order valence-electron chi connectivity index (χ4n) is 10.9. The third-order valence-electron chi connectivity index (χ3n) is 12.9. The van der Waals surface area contributed by atoms with E-state index in [0.29, 0.717) is 0 Å². The van der Waals surface area contributed by atoms with Gasteiger partial charge in [-0.15, -0.1) is 11.3 Å². The fraction of sp³-hybridized carbons (Fsp3) is 0.220. The minimum atomic E-state index is -0.0943. The third-order valence-corrected chi connectivity index (χ3v) is 14.1. The van der Waals surface area contributed by atoms with Crippen molar-refractivity contribution < 1.29 is 4.42 Å². The summed E-state index contributed by atoms with van der Waals surface area (Å²) in [6, 6.07) is 45.3. The number of fused-ring (bicyclic) bond motifs is 14. The average Bonchev–Trinajstić information content (AvgIpc) is 3.90. The molecule has 4 heterocycles. The van der Waals surface area contributed by atoms with Gasteiger partial charge in [0.1, 0.15) is 17.0 Å². The Morgan fingerprint density at radius 3 is 2.14 bits per heavy atom. The second kappa shape index (κ2) is 12.1. The Hall–Kier alpha value is -5.85. The van der Waals surface area contributed by atoms with Crippen LogP contribution in [0.1, 0.15) is 51.8 Å². The molecular weight excluding hydrogens is 705 g/mol.